The maximum atomic E-state index is 6.21. The standard InChI is InChI=1S/C14H22BrN3/c1-11(16)14(12-3-5-13(15)6-4-12)18-9-7-17(2)8-10-18/h3-6,11,14H,7-10,16H2,1-2H3. The monoisotopic (exact) mass is 311 g/mol. The summed E-state index contributed by atoms with van der Waals surface area (Å²) in [5.41, 5.74) is 7.52. The molecule has 4 heteroatoms. The van der Waals surface area contributed by atoms with Gasteiger partial charge in [0, 0.05) is 42.7 Å². The fourth-order valence-corrected chi connectivity index (χ4v) is 2.87. The minimum Gasteiger partial charge on any atom is -0.326 e. The molecule has 0 saturated carbocycles. The second-order valence-electron chi connectivity index (χ2n) is 5.19. The first-order valence-corrected chi connectivity index (χ1v) is 7.31. The van der Waals surface area contributed by atoms with Gasteiger partial charge in [-0.2, -0.15) is 0 Å². The second-order valence-corrected chi connectivity index (χ2v) is 6.11. The van der Waals surface area contributed by atoms with Crippen LogP contribution in [-0.2, 0) is 0 Å². The second kappa shape index (κ2) is 6.15. The summed E-state index contributed by atoms with van der Waals surface area (Å²) in [4.78, 5) is 4.88. The maximum absolute atomic E-state index is 6.21. The van der Waals surface area contributed by atoms with E-state index in [0.717, 1.165) is 30.7 Å². The highest BCUT2D eigenvalue weighted by Gasteiger charge is 2.26. The van der Waals surface area contributed by atoms with E-state index in [9.17, 15) is 0 Å². The Morgan fingerprint density at radius 3 is 2.17 bits per heavy atom. The summed E-state index contributed by atoms with van der Waals surface area (Å²) in [5, 5.41) is 0. The molecule has 0 radical (unpaired) electrons. The number of nitrogens with zero attached hydrogens (tertiary/aromatic N) is 2. The molecule has 0 aromatic heterocycles. The Balaban J connectivity index is 2.15. The Labute approximate surface area is 118 Å². The summed E-state index contributed by atoms with van der Waals surface area (Å²) >= 11 is 3.48. The molecule has 100 valence electrons. The molecule has 2 unspecified atom stereocenters. The quantitative estimate of drug-likeness (QED) is 0.927. The van der Waals surface area contributed by atoms with Gasteiger partial charge in [0.2, 0.25) is 0 Å². The molecule has 18 heavy (non-hydrogen) atoms. The van der Waals surface area contributed by atoms with Crippen LogP contribution in [0.25, 0.3) is 0 Å². The molecule has 1 aromatic rings. The average molecular weight is 312 g/mol. The van der Waals surface area contributed by atoms with E-state index in [1.54, 1.807) is 0 Å². The molecule has 1 fully saturated rings. The molecule has 1 aliphatic heterocycles. The summed E-state index contributed by atoms with van der Waals surface area (Å²) in [6, 6.07) is 9.02. The zero-order valence-electron chi connectivity index (χ0n) is 11.1. The van der Waals surface area contributed by atoms with Crippen molar-refractivity contribution in [2.24, 2.45) is 5.73 Å². The Hall–Kier alpha value is -0.420. The number of nitrogens with two attached hydrogens (primary N) is 1. The molecule has 2 rings (SSSR count). The SMILES string of the molecule is CC(N)C(c1ccc(Br)cc1)N1CCN(C)CC1. The maximum Gasteiger partial charge on any atom is 0.0497 e. The van der Waals surface area contributed by atoms with E-state index >= 15 is 0 Å². The van der Waals surface area contributed by atoms with E-state index in [4.69, 9.17) is 5.73 Å². The van der Waals surface area contributed by atoms with Gasteiger partial charge in [0.1, 0.15) is 0 Å². The van der Waals surface area contributed by atoms with Gasteiger partial charge in [-0.05, 0) is 31.7 Å². The minimum absolute atomic E-state index is 0.148. The molecule has 0 spiro atoms. The van der Waals surface area contributed by atoms with Crippen molar-refractivity contribution in [3.8, 4) is 0 Å². The van der Waals surface area contributed by atoms with Gasteiger partial charge in [-0.25, -0.2) is 0 Å². The van der Waals surface area contributed by atoms with Crippen molar-refractivity contribution in [3.63, 3.8) is 0 Å². The van der Waals surface area contributed by atoms with Crippen molar-refractivity contribution in [2.75, 3.05) is 33.2 Å². The molecule has 0 amide bonds. The van der Waals surface area contributed by atoms with E-state index in [-0.39, 0.29) is 6.04 Å². The summed E-state index contributed by atoms with van der Waals surface area (Å²) < 4.78 is 1.12. The van der Waals surface area contributed by atoms with Crippen molar-refractivity contribution < 1.29 is 0 Å². The third-order valence-corrected chi connectivity index (χ3v) is 4.17. The van der Waals surface area contributed by atoms with Crippen molar-refractivity contribution in [1.82, 2.24) is 9.80 Å². The summed E-state index contributed by atoms with van der Waals surface area (Å²) in [7, 11) is 2.18. The number of benzene rings is 1. The van der Waals surface area contributed by atoms with Crippen LogP contribution in [0.3, 0.4) is 0 Å². The zero-order chi connectivity index (χ0) is 13.1. The van der Waals surface area contributed by atoms with Crippen LogP contribution in [0.4, 0.5) is 0 Å². The predicted octanol–water partition coefficient (Wildman–Crippen LogP) is 2.08. The largest absolute Gasteiger partial charge is 0.326 e. The first-order valence-electron chi connectivity index (χ1n) is 6.51. The summed E-state index contributed by atoms with van der Waals surface area (Å²) in [6.45, 7) is 6.54. The third kappa shape index (κ3) is 3.32. The fraction of sp³-hybridized carbons (Fsp3) is 0.571. The van der Waals surface area contributed by atoms with E-state index in [1.807, 2.05) is 0 Å². The topological polar surface area (TPSA) is 32.5 Å². The molecule has 0 bridgehead atoms. The van der Waals surface area contributed by atoms with Crippen LogP contribution in [0.2, 0.25) is 0 Å². The normalized spacial score (nSPS) is 21.8. The van der Waals surface area contributed by atoms with Crippen LogP contribution in [0, 0.1) is 0 Å². The molecular weight excluding hydrogens is 290 g/mol. The lowest BCUT2D eigenvalue weighted by atomic mass is 9.98. The third-order valence-electron chi connectivity index (χ3n) is 3.64. The first-order chi connectivity index (χ1) is 8.58. The molecule has 1 saturated heterocycles. The number of piperazine rings is 1. The van der Waals surface area contributed by atoms with Crippen LogP contribution >= 0.6 is 15.9 Å². The molecule has 1 aliphatic rings. The van der Waals surface area contributed by atoms with Gasteiger partial charge in [-0.3, -0.25) is 4.90 Å². The summed E-state index contributed by atoms with van der Waals surface area (Å²) in [6.07, 6.45) is 0. The van der Waals surface area contributed by atoms with Crippen LogP contribution in [0.5, 0.6) is 0 Å². The lowest BCUT2D eigenvalue weighted by Gasteiger charge is -2.40. The summed E-state index contributed by atoms with van der Waals surface area (Å²) in [5.74, 6) is 0. The number of hydrogen-bond acceptors (Lipinski definition) is 3. The van der Waals surface area contributed by atoms with Crippen LogP contribution in [-0.4, -0.2) is 49.1 Å². The average Bonchev–Trinajstić information content (AvgIpc) is 2.34. The molecular formula is C14H22BrN3. The number of likely N-dealkylation sites (N-methyl/N-ethyl adjacent to an activating group) is 1. The lowest BCUT2D eigenvalue weighted by Crippen LogP contribution is -2.49. The number of rotatable bonds is 3. The van der Waals surface area contributed by atoms with Crippen LogP contribution in [0.1, 0.15) is 18.5 Å². The van der Waals surface area contributed by atoms with Gasteiger partial charge in [-0.1, -0.05) is 28.1 Å². The van der Waals surface area contributed by atoms with Crippen LogP contribution in [0.15, 0.2) is 28.7 Å². The highest BCUT2D eigenvalue weighted by atomic mass is 79.9. The van der Waals surface area contributed by atoms with Gasteiger partial charge in [0.25, 0.3) is 0 Å². The van der Waals surface area contributed by atoms with Crippen molar-refractivity contribution in [2.45, 2.75) is 19.0 Å². The van der Waals surface area contributed by atoms with E-state index in [1.165, 1.54) is 5.56 Å². The Kier molecular flexibility index (Phi) is 4.78. The Bertz CT molecular complexity index is 369. The fourth-order valence-electron chi connectivity index (χ4n) is 2.61. The smallest absolute Gasteiger partial charge is 0.0497 e. The highest BCUT2D eigenvalue weighted by molar-refractivity contribution is 9.10. The number of halogens is 1. The van der Waals surface area contributed by atoms with Gasteiger partial charge in [-0.15, -0.1) is 0 Å². The molecule has 3 nitrogen and oxygen atoms in total. The lowest BCUT2D eigenvalue weighted by molar-refractivity contribution is 0.101. The van der Waals surface area contributed by atoms with Crippen LogP contribution < -0.4 is 5.73 Å². The Morgan fingerprint density at radius 1 is 1.11 bits per heavy atom. The van der Waals surface area contributed by atoms with Crippen molar-refractivity contribution >= 4 is 15.9 Å². The number of hydrogen-bond donors (Lipinski definition) is 1. The molecule has 1 heterocycles. The minimum atomic E-state index is 0.148. The predicted molar refractivity (Wildman–Crippen MR) is 79.6 cm³/mol. The highest BCUT2D eigenvalue weighted by Crippen LogP contribution is 2.25. The molecule has 1 aromatic carbocycles. The van der Waals surface area contributed by atoms with Gasteiger partial charge in [0.05, 0.1) is 0 Å². The van der Waals surface area contributed by atoms with Crippen molar-refractivity contribution in [1.29, 1.82) is 0 Å². The zero-order valence-corrected chi connectivity index (χ0v) is 12.7. The van der Waals surface area contributed by atoms with Crippen molar-refractivity contribution in [3.05, 3.63) is 34.3 Å². The van der Waals surface area contributed by atoms with E-state index in [0.29, 0.717) is 6.04 Å². The van der Waals surface area contributed by atoms with Gasteiger partial charge in [0.15, 0.2) is 0 Å². The first kappa shape index (κ1) is 14.0. The molecule has 2 N–H and O–H groups in total. The Morgan fingerprint density at radius 2 is 1.67 bits per heavy atom. The molecule has 2 atom stereocenters. The molecule has 0 aliphatic carbocycles. The van der Waals surface area contributed by atoms with Gasteiger partial charge < -0.3 is 10.6 Å². The van der Waals surface area contributed by atoms with Gasteiger partial charge >= 0.3 is 0 Å². The van der Waals surface area contributed by atoms with E-state index < -0.39 is 0 Å². The van der Waals surface area contributed by atoms with E-state index in [2.05, 4.69) is 64.0 Å².